The Bertz CT molecular complexity index is 1280. The normalized spacial score (nSPS) is 11.2. The molecular formula is C30H35N3O. The number of aryl methyl sites for hydroxylation is 5. The van der Waals surface area contributed by atoms with E-state index in [9.17, 15) is 4.79 Å². The summed E-state index contributed by atoms with van der Waals surface area (Å²) in [6.45, 7) is 10.1. The Morgan fingerprint density at radius 3 is 2.32 bits per heavy atom. The van der Waals surface area contributed by atoms with Crippen LogP contribution < -0.4 is 5.32 Å². The van der Waals surface area contributed by atoms with Crippen LogP contribution in [-0.4, -0.2) is 22.0 Å². The third-order valence-corrected chi connectivity index (χ3v) is 6.64. The molecule has 0 fully saturated rings. The van der Waals surface area contributed by atoms with Crippen LogP contribution in [0.4, 0.5) is 0 Å². The van der Waals surface area contributed by atoms with E-state index >= 15 is 0 Å². The van der Waals surface area contributed by atoms with Gasteiger partial charge in [-0.05, 0) is 81.0 Å². The highest BCUT2D eigenvalue weighted by atomic mass is 16.1. The van der Waals surface area contributed by atoms with E-state index in [1.54, 1.807) is 0 Å². The van der Waals surface area contributed by atoms with Gasteiger partial charge < -0.3 is 9.88 Å². The fourth-order valence-corrected chi connectivity index (χ4v) is 4.82. The average Bonchev–Trinajstić information content (AvgIpc) is 3.15. The minimum absolute atomic E-state index is 0.0173. The standard InChI is InChI=1S/C30H35N3O/c1-21-18-23(3)26(24(4)19-21)20-33-28-15-10-9-14-27(28)32-29(33)16-6-5-11-17-31-30(34)25-13-8-7-12-22(25)2/h7-10,12-15,18-19H,5-6,11,16-17,20H2,1-4H3,(H,31,34). The zero-order valence-electron chi connectivity index (χ0n) is 20.8. The van der Waals surface area contributed by atoms with Crippen LogP contribution >= 0.6 is 0 Å². The lowest BCUT2D eigenvalue weighted by Gasteiger charge is -2.15. The monoisotopic (exact) mass is 453 g/mol. The quantitative estimate of drug-likeness (QED) is 0.296. The summed E-state index contributed by atoms with van der Waals surface area (Å²) in [7, 11) is 0. The minimum Gasteiger partial charge on any atom is -0.352 e. The maximum atomic E-state index is 12.4. The van der Waals surface area contributed by atoms with Gasteiger partial charge in [0.15, 0.2) is 0 Å². The Labute approximate surface area is 203 Å². The molecule has 0 aliphatic rings. The van der Waals surface area contributed by atoms with Crippen LogP contribution in [0, 0.1) is 27.7 Å². The molecule has 0 unspecified atom stereocenters. The summed E-state index contributed by atoms with van der Waals surface area (Å²) in [5.41, 5.74) is 9.40. The van der Waals surface area contributed by atoms with E-state index < -0.39 is 0 Å². The molecule has 0 aliphatic heterocycles. The summed E-state index contributed by atoms with van der Waals surface area (Å²) < 4.78 is 2.39. The predicted octanol–water partition coefficient (Wildman–Crippen LogP) is 6.46. The molecular weight excluding hydrogens is 418 g/mol. The predicted molar refractivity (Wildman–Crippen MR) is 141 cm³/mol. The molecule has 1 heterocycles. The lowest BCUT2D eigenvalue weighted by atomic mass is 9.99. The van der Waals surface area contributed by atoms with Crippen molar-refractivity contribution in [2.45, 2.75) is 59.9 Å². The van der Waals surface area contributed by atoms with E-state index in [-0.39, 0.29) is 5.91 Å². The number of aromatic nitrogens is 2. The van der Waals surface area contributed by atoms with E-state index in [1.165, 1.54) is 27.8 Å². The fourth-order valence-electron chi connectivity index (χ4n) is 4.82. The number of nitrogens with zero attached hydrogens (tertiary/aromatic N) is 2. The summed E-state index contributed by atoms with van der Waals surface area (Å²) in [5, 5.41) is 3.06. The minimum atomic E-state index is 0.0173. The first kappa shape index (κ1) is 23.7. The number of carbonyl (C=O) groups excluding carboxylic acids is 1. The first-order valence-corrected chi connectivity index (χ1v) is 12.3. The van der Waals surface area contributed by atoms with Crippen molar-refractivity contribution in [2.24, 2.45) is 0 Å². The number of hydrogen-bond acceptors (Lipinski definition) is 2. The Balaban J connectivity index is 1.38. The number of hydrogen-bond donors (Lipinski definition) is 1. The van der Waals surface area contributed by atoms with Crippen LogP contribution in [0.15, 0.2) is 60.7 Å². The number of para-hydroxylation sites is 2. The van der Waals surface area contributed by atoms with Gasteiger partial charge >= 0.3 is 0 Å². The number of rotatable bonds is 9. The maximum Gasteiger partial charge on any atom is 0.251 e. The van der Waals surface area contributed by atoms with Crippen LogP contribution in [-0.2, 0) is 13.0 Å². The molecule has 1 N–H and O–H groups in total. The topological polar surface area (TPSA) is 46.9 Å². The second kappa shape index (κ2) is 10.7. The number of amides is 1. The van der Waals surface area contributed by atoms with Crippen molar-refractivity contribution in [3.05, 3.63) is 99.9 Å². The van der Waals surface area contributed by atoms with Gasteiger partial charge in [-0.1, -0.05) is 54.4 Å². The van der Waals surface area contributed by atoms with Crippen LogP contribution in [0.5, 0.6) is 0 Å². The van der Waals surface area contributed by atoms with Crippen molar-refractivity contribution in [2.75, 3.05) is 6.54 Å². The molecule has 0 radical (unpaired) electrons. The number of nitrogens with one attached hydrogen (secondary N) is 1. The SMILES string of the molecule is Cc1cc(C)c(Cn2c(CCCCCNC(=O)c3ccccc3C)nc3ccccc32)c(C)c1. The smallest absolute Gasteiger partial charge is 0.251 e. The van der Waals surface area contributed by atoms with Gasteiger partial charge in [0, 0.05) is 25.1 Å². The summed E-state index contributed by atoms with van der Waals surface area (Å²) in [4.78, 5) is 17.4. The summed E-state index contributed by atoms with van der Waals surface area (Å²) in [5.74, 6) is 1.16. The summed E-state index contributed by atoms with van der Waals surface area (Å²) >= 11 is 0. The number of unbranched alkanes of at least 4 members (excludes halogenated alkanes) is 2. The second-order valence-corrected chi connectivity index (χ2v) is 9.36. The highest BCUT2D eigenvalue weighted by Gasteiger charge is 2.13. The number of benzene rings is 3. The van der Waals surface area contributed by atoms with Gasteiger partial charge in [0.05, 0.1) is 11.0 Å². The first-order chi connectivity index (χ1) is 16.4. The number of fused-ring (bicyclic) bond motifs is 1. The van der Waals surface area contributed by atoms with Crippen molar-refractivity contribution < 1.29 is 4.79 Å². The van der Waals surface area contributed by atoms with Gasteiger partial charge in [0.1, 0.15) is 5.82 Å². The molecule has 1 aromatic heterocycles. The van der Waals surface area contributed by atoms with Crippen molar-refractivity contribution in [3.63, 3.8) is 0 Å². The molecule has 0 saturated heterocycles. The Morgan fingerprint density at radius 2 is 1.56 bits per heavy atom. The molecule has 4 nitrogen and oxygen atoms in total. The van der Waals surface area contributed by atoms with Gasteiger partial charge in [-0.15, -0.1) is 0 Å². The first-order valence-electron chi connectivity index (χ1n) is 12.3. The van der Waals surface area contributed by atoms with Crippen molar-refractivity contribution in [3.8, 4) is 0 Å². The third kappa shape index (κ3) is 5.39. The lowest BCUT2D eigenvalue weighted by Crippen LogP contribution is -2.25. The fraction of sp³-hybridized carbons (Fsp3) is 0.333. The number of carbonyl (C=O) groups is 1. The number of imidazole rings is 1. The Hall–Kier alpha value is -3.40. The van der Waals surface area contributed by atoms with E-state index in [2.05, 4.69) is 67.1 Å². The van der Waals surface area contributed by atoms with Crippen LogP contribution in [0.2, 0.25) is 0 Å². The summed E-state index contributed by atoms with van der Waals surface area (Å²) in [6.07, 6.45) is 4.01. The summed E-state index contributed by atoms with van der Waals surface area (Å²) in [6, 6.07) is 20.7. The maximum absolute atomic E-state index is 12.4. The zero-order valence-corrected chi connectivity index (χ0v) is 20.8. The largest absolute Gasteiger partial charge is 0.352 e. The van der Waals surface area contributed by atoms with Crippen LogP contribution in [0.1, 0.15) is 63.3 Å². The molecule has 0 atom stereocenters. The van der Waals surface area contributed by atoms with Crippen molar-refractivity contribution >= 4 is 16.9 Å². The average molecular weight is 454 g/mol. The van der Waals surface area contributed by atoms with Gasteiger partial charge in [0.25, 0.3) is 5.91 Å². The molecule has 0 spiro atoms. The van der Waals surface area contributed by atoms with Gasteiger partial charge in [0.2, 0.25) is 0 Å². The molecule has 1 amide bonds. The molecule has 0 bridgehead atoms. The molecule has 34 heavy (non-hydrogen) atoms. The molecule has 4 heteroatoms. The van der Waals surface area contributed by atoms with Gasteiger partial charge in [-0.25, -0.2) is 4.98 Å². The Kier molecular flexibility index (Phi) is 7.46. The highest BCUT2D eigenvalue weighted by Crippen LogP contribution is 2.23. The van der Waals surface area contributed by atoms with Gasteiger partial charge in [-0.3, -0.25) is 4.79 Å². The molecule has 4 aromatic rings. The molecule has 0 saturated carbocycles. The highest BCUT2D eigenvalue weighted by molar-refractivity contribution is 5.95. The van der Waals surface area contributed by atoms with Crippen molar-refractivity contribution in [1.29, 1.82) is 0 Å². The van der Waals surface area contributed by atoms with E-state index in [1.807, 2.05) is 31.2 Å². The zero-order chi connectivity index (χ0) is 24.1. The second-order valence-electron chi connectivity index (χ2n) is 9.36. The lowest BCUT2D eigenvalue weighted by molar-refractivity contribution is 0.0952. The molecule has 4 rings (SSSR count). The van der Waals surface area contributed by atoms with Crippen LogP contribution in [0.25, 0.3) is 11.0 Å². The van der Waals surface area contributed by atoms with E-state index in [4.69, 9.17) is 4.98 Å². The molecule has 3 aromatic carbocycles. The Morgan fingerprint density at radius 1 is 0.853 bits per heavy atom. The van der Waals surface area contributed by atoms with E-state index in [0.29, 0.717) is 6.54 Å². The molecule has 176 valence electrons. The van der Waals surface area contributed by atoms with Crippen LogP contribution in [0.3, 0.4) is 0 Å². The van der Waals surface area contributed by atoms with Gasteiger partial charge in [-0.2, -0.15) is 0 Å². The van der Waals surface area contributed by atoms with Crippen molar-refractivity contribution in [1.82, 2.24) is 14.9 Å². The third-order valence-electron chi connectivity index (χ3n) is 6.64. The molecule has 0 aliphatic carbocycles. The van der Waals surface area contributed by atoms with E-state index in [0.717, 1.165) is 54.7 Å².